The number of hydrogen-bond donors (Lipinski definition) is 1. The lowest BCUT2D eigenvalue weighted by molar-refractivity contribution is -0.114. The summed E-state index contributed by atoms with van der Waals surface area (Å²) in [7, 11) is 0. The molecule has 0 saturated heterocycles. The van der Waals surface area contributed by atoms with Gasteiger partial charge in [-0.2, -0.15) is 0 Å². The Kier molecular flexibility index (Phi) is 3.09. The first-order valence-corrected chi connectivity index (χ1v) is 4.36. The molecule has 0 spiro atoms. The van der Waals surface area contributed by atoms with Crippen molar-refractivity contribution < 1.29 is 9.90 Å². The first-order valence-electron chi connectivity index (χ1n) is 4.36. The zero-order valence-corrected chi connectivity index (χ0v) is 7.34. The van der Waals surface area contributed by atoms with Crippen molar-refractivity contribution in [1.29, 1.82) is 0 Å². The van der Waals surface area contributed by atoms with Gasteiger partial charge in [0, 0.05) is 0 Å². The third-order valence-electron chi connectivity index (χ3n) is 1.98. The van der Waals surface area contributed by atoms with E-state index in [1.807, 2.05) is 0 Å². The first-order chi connectivity index (χ1) is 5.74. The molecule has 1 aliphatic carbocycles. The van der Waals surface area contributed by atoms with Gasteiger partial charge in [0.2, 0.25) is 0 Å². The molecule has 0 fully saturated rings. The van der Waals surface area contributed by atoms with Crippen molar-refractivity contribution in [3.63, 3.8) is 0 Å². The Hall–Kier alpha value is -1.05. The van der Waals surface area contributed by atoms with Crippen LogP contribution in [0, 0.1) is 0 Å². The predicted octanol–water partition coefficient (Wildman–Crippen LogP) is 2.52. The van der Waals surface area contributed by atoms with Crippen molar-refractivity contribution >= 4 is 5.78 Å². The number of allylic oxidation sites excluding steroid dienone is 4. The third kappa shape index (κ3) is 2.22. The SMILES string of the molecule is CCCCC1=C(O)CC(=O)C=C1. The molecule has 0 radical (unpaired) electrons. The van der Waals surface area contributed by atoms with E-state index in [4.69, 9.17) is 0 Å². The molecule has 1 N–H and O–H groups in total. The van der Waals surface area contributed by atoms with Gasteiger partial charge in [-0.1, -0.05) is 19.4 Å². The maximum atomic E-state index is 10.8. The fraction of sp³-hybridized carbons (Fsp3) is 0.500. The van der Waals surface area contributed by atoms with Gasteiger partial charge >= 0.3 is 0 Å². The highest BCUT2D eigenvalue weighted by atomic mass is 16.3. The van der Waals surface area contributed by atoms with Crippen molar-refractivity contribution in [3.05, 3.63) is 23.5 Å². The van der Waals surface area contributed by atoms with E-state index in [0.717, 1.165) is 24.8 Å². The molecule has 0 aromatic rings. The molecule has 66 valence electrons. The van der Waals surface area contributed by atoms with Crippen LogP contribution in [0.2, 0.25) is 0 Å². The van der Waals surface area contributed by atoms with Gasteiger partial charge in [0.25, 0.3) is 0 Å². The van der Waals surface area contributed by atoms with Gasteiger partial charge in [-0.15, -0.1) is 0 Å². The van der Waals surface area contributed by atoms with E-state index in [1.54, 1.807) is 12.2 Å². The summed E-state index contributed by atoms with van der Waals surface area (Å²) < 4.78 is 0. The van der Waals surface area contributed by atoms with Crippen LogP contribution in [-0.4, -0.2) is 10.9 Å². The number of carbonyl (C=O) groups excluding carboxylic acids is 1. The lowest BCUT2D eigenvalue weighted by atomic mass is 10.00. The smallest absolute Gasteiger partial charge is 0.163 e. The zero-order valence-electron chi connectivity index (χ0n) is 7.34. The van der Waals surface area contributed by atoms with Gasteiger partial charge in [0.1, 0.15) is 5.76 Å². The lowest BCUT2D eigenvalue weighted by Crippen LogP contribution is -2.03. The molecule has 2 nitrogen and oxygen atoms in total. The monoisotopic (exact) mass is 166 g/mol. The topological polar surface area (TPSA) is 37.3 Å². The predicted molar refractivity (Wildman–Crippen MR) is 47.9 cm³/mol. The second-order valence-electron chi connectivity index (χ2n) is 3.05. The van der Waals surface area contributed by atoms with Gasteiger partial charge in [0.15, 0.2) is 5.78 Å². The fourth-order valence-corrected chi connectivity index (χ4v) is 1.22. The van der Waals surface area contributed by atoms with Gasteiger partial charge < -0.3 is 5.11 Å². The normalized spacial score (nSPS) is 17.2. The van der Waals surface area contributed by atoms with Crippen molar-refractivity contribution in [2.45, 2.75) is 32.6 Å². The summed E-state index contributed by atoms with van der Waals surface area (Å²) >= 11 is 0. The molecular weight excluding hydrogens is 152 g/mol. The minimum atomic E-state index is -0.00671. The van der Waals surface area contributed by atoms with Crippen LogP contribution in [0.5, 0.6) is 0 Å². The van der Waals surface area contributed by atoms with E-state index in [-0.39, 0.29) is 18.0 Å². The van der Waals surface area contributed by atoms with Crippen LogP contribution in [0.15, 0.2) is 23.5 Å². The molecule has 12 heavy (non-hydrogen) atoms. The second kappa shape index (κ2) is 4.10. The molecule has 0 unspecified atom stereocenters. The maximum absolute atomic E-state index is 10.8. The van der Waals surface area contributed by atoms with E-state index < -0.39 is 0 Å². The molecule has 0 aromatic heterocycles. The van der Waals surface area contributed by atoms with Gasteiger partial charge in [-0.05, 0) is 24.5 Å². The van der Waals surface area contributed by atoms with Crippen LogP contribution in [-0.2, 0) is 4.79 Å². The van der Waals surface area contributed by atoms with E-state index >= 15 is 0 Å². The van der Waals surface area contributed by atoms with Gasteiger partial charge in [-0.25, -0.2) is 0 Å². The highest BCUT2D eigenvalue weighted by Gasteiger charge is 2.11. The summed E-state index contributed by atoms with van der Waals surface area (Å²) in [5.41, 5.74) is 0.927. The van der Waals surface area contributed by atoms with Crippen LogP contribution in [0.4, 0.5) is 0 Å². The van der Waals surface area contributed by atoms with Crippen LogP contribution in [0.25, 0.3) is 0 Å². The molecule has 0 amide bonds. The number of hydrogen-bond acceptors (Lipinski definition) is 2. The molecule has 1 aliphatic rings. The molecule has 0 aromatic carbocycles. The fourth-order valence-electron chi connectivity index (χ4n) is 1.22. The minimum absolute atomic E-state index is 0.00671. The summed E-state index contributed by atoms with van der Waals surface area (Å²) in [5, 5.41) is 9.37. The van der Waals surface area contributed by atoms with Crippen molar-refractivity contribution in [2.75, 3.05) is 0 Å². The third-order valence-corrected chi connectivity index (χ3v) is 1.98. The highest BCUT2D eigenvalue weighted by molar-refractivity contribution is 5.93. The van der Waals surface area contributed by atoms with E-state index in [9.17, 15) is 9.90 Å². The summed E-state index contributed by atoms with van der Waals surface area (Å²) in [5.74, 6) is 0.253. The minimum Gasteiger partial charge on any atom is -0.512 e. The molecule has 2 heteroatoms. The molecule has 0 heterocycles. The average Bonchev–Trinajstić information content (AvgIpc) is 2.03. The van der Waals surface area contributed by atoms with Crippen LogP contribution >= 0.6 is 0 Å². The van der Waals surface area contributed by atoms with E-state index in [0.29, 0.717) is 0 Å². The Bertz CT molecular complexity index is 236. The first kappa shape index (κ1) is 9.04. The molecule has 0 aliphatic heterocycles. The standard InChI is InChI=1S/C10H14O2/c1-2-3-4-8-5-6-9(11)7-10(8)12/h5-6,12H,2-4,7H2,1H3. The number of unbranched alkanes of at least 4 members (excludes halogenated alkanes) is 1. The molecule has 1 rings (SSSR count). The average molecular weight is 166 g/mol. The van der Waals surface area contributed by atoms with Crippen molar-refractivity contribution in [2.24, 2.45) is 0 Å². The van der Waals surface area contributed by atoms with Crippen LogP contribution in [0.1, 0.15) is 32.6 Å². The highest BCUT2D eigenvalue weighted by Crippen LogP contribution is 2.19. The second-order valence-corrected chi connectivity index (χ2v) is 3.05. The van der Waals surface area contributed by atoms with Crippen molar-refractivity contribution in [3.8, 4) is 0 Å². The van der Waals surface area contributed by atoms with Crippen molar-refractivity contribution in [1.82, 2.24) is 0 Å². The Morgan fingerprint density at radius 2 is 2.25 bits per heavy atom. The molecular formula is C10H14O2. The maximum Gasteiger partial charge on any atom is 0.163 e. The zero-order chi connectivity index (χ0) is 8.97. The number of carbonyl (C=O) groups is 1. The number of ketones is 1. The molecule has 0 bridgehead atoms. The number of rotatable bonds is 3. The number of aliphatic hydroxyl groups excluding tert-OH is 1. The Balaban J connectivity index is 2.58. The lowest BCUT2D eigenvalue weighted by Gasteiger charge is -2.09. The molecule has 0 saturated carbocycles. The quantitative estimate of drug-likeness (QED) is 0.699. The van der Waals surface area contributed by atoms with Crippen LogP contribution in [0.3, 0.4) is 0 Å². The van der Waals surface area contributed by atoms with Crippen LogP contribution < -0.4 is 0 Å². The Labute approximate surface area is 72.6 Å². The van der Waals surface area contributed by atoms with E-state index in [1.165, 1.54) is 0 Å². The number of aliphatic hydroxyl groups is 1. The Morgan fingerprint density at radius 3 is 2.83 bits per heavy atom. The summed E-state index contributed by atoms with van der Waals surface area (Å²) in [6.45, 7) is 2.11. The Morgan fingerprint density at radius 1 is 1.50 bits per heavy atom. The summed E-state index contributed by atoms with van der Waals surface area (Å²) in [6, 6.07) is 0. The van der Waals surface area contributed by atoms with Gasteiger partial charge in [0.05, 0.1) is 6.42 Å². The molecule has 0 atom stereocenters. The van der Waals surface area contributed by atoms with Gasteiger partial charge in [-0.3, -0.25) is 4.79 Å². The van der Waals surface area contributed by atoms with E-state index in [2.05, 4.69) is 6.92 Å². The summed E-state index contributed by atoms with van der Waals surface area (Å²) in [6.07, 6.45) is 6.53. The summed E-state index contributed by atoms with van der Waals surface area (Å²) in [4.78, 5) is 10.8. The largest absolute Gasteiger partial charge is 0.512 e.